The van der Waals surface area contributed by atoms with Crippen molar-refractivity contribution in [1.29, 1.82) is 0 Å². The van der Waals surface area contributed by atoms with Crippen LogP contribution in [-0.4, -0.2) is 37.9 Å². The van der Waals surface area contributed by atoms with E-state index in [0.717, 1.165) is 89.9 Å². The van der Waals surface area contributed by atoms with Gasteiger partial charge < -0.3 is 14.2 Å². The number of esters is 2. The Morgan fingerprint density at radius 3 is 1.30 bits per heavy atom. The molecule has 0 bridgehead atoms. The summed E-state index contributed by atoms with van der Waals surface area (Å²) in [5, 5.41) is 0. The fourth-order valence-electron chi connectivity index (χ4n) is 6.63. The lowest BCUT2D eigenvalue weighted by molar-refractivity contribution is -0.163. The van der Waals surface area contributed by atoms with Crippen molar-refractivity contribution in [2.24, 2.45) is 0 Å². The maximum Gasteiger partial charge on any atom is 0.306 e. The predicted octanol–water partition coefficient (Wildman–Crippen LogP) is 16.9. The predicted molar refractivity (Wildman–Crippen MR) is 260 cm³/mol. The van der Waals surface area contributed by atoms with Crippen LogP contribution in [0, 0.1) is 0 Å². The molecule has 1 unspecified atom stereocenters. The van der Waals surface area contributed by atoms with Crippen molar-refractivity contribution in [3.05, 3.63) is 85.1 Å². The number of carbonyl (C=O) groups excluding carboxylic acids is 2. The standard InChI is InChI=1S/C55H94O5/c1-4-7-10-13-16-19-22-24-26-27-28-30-32-35-38-41-44-47-50-58-51-53(60-55(57)49-46-43-40-37-33-21-18-15-12-9-6-3)52-59-54(56)48-45-42-39-36-34-31-29-25-23-20-17-14-11-8-5-2/h8,11,15-20,24-26,29,34,36,53H,4-7,9-10,12-14,21-23,27-28,30-33,35,37-52H2,1-3H3/b11-8-,18-15-,19-16-,20-17-,26-24-,29-25-,36-34-. The van der Waals surface area contributed by atoms with Crippen molar-refractivity contribution in [3.8, 4) is 0 Å². The van der Waals surface area contributed by atoms with Crippen molar-refractivity contribution in [1.82, 2.24) is 0 Å². The zero-order valence-corrected chi connectivity index (χ0v) is 39.5. The molecule has 0 aromatic heterocycles. The zero-order valence-electron chi connectivity index (χ0n) is 39.5. The van der Waals surface area contributed by atoms with E-state index in [1.807, 2.05) is 0 Å². The summed E-state index contributed by atoms with van der Waals surface area (Å²) >= 11 is 0. The summed E-state index contributed by atoms with van der Waals surface area (Å²) in [5.41, 5.74) is 0. The van der Waals surface area contributed by atoms with Crippen LogP contribution in [0.15, 0.2) is 85.1 Å². The molecule has 0 heterocycles. The summed E-state index contributed by atoms with van der Waals surface area (Å²) in [7, 11) is 0. The number of carbonyl (C=O) groups is 2. The van der Waals surface area contributed by atoms with Crippen LogP contribution in [0.5, 0.6) is 0 Å². The Bertz CT molecular complexity index is 1130. The summed E-state index contributed by atoms with van der Waals surface area (Å²) in [5.74, 6) is -0.462. The molecule has 0 saturated heterocycles. The van der Waals surface area contributed by atoms with Crippen molar-refractivity contribution >= 4 is 11.9 Å². The Morgan fingerprint density at radius 1 is 0.383 bits per heavy atom. The van der Waals surface area contributed by atoms with Gasteiger partial charge in [-0.05, 0) is 109 Å². The molecule has 0 amide bonds. The molecular weight excluding hydrogens is 741 g/mol. The average Bonchev–Trinajstić information content (AvgIpc) is 3.25. The molecule has 0 N–H and O–H groups in total. The SMILES string of the molecule is CC/C=C\C/C=C\C/C=C\C/C=C\CCCCC(=O)OCC(COCCCCCCCCCC/C=C\C/C=C\CCCCC)OC(=O)CCCCCCC/C=C\CCCC. The summed E-state index contributed by atoms with van der Waals surface area (Å²) in [6.07, 6.45) is 65.9. The lowest BCUT2D eigenvalue weighted by Crippen LogP contribution is -2.30. The van der Waals surface area contributed by atoms with Crippen LogP contribution < -0.4 is 0 Å². The second kappa shape index (κ2) is 50.4. The van der Waals surface area contributed by atoms with Crippen molar-refractivity contribution in [2.45, 2.75) is 232 Å². The molecule has 0 saturated carbocycles. The molecule has 1 atom stereocenters. The number of hydrogen-bond donors (Lipinski definition) is 0. The topological polar surface area (TPSA) is 61.8 Å². The first kappa shape index (κ1) is 57.1. The fourth-order valence-corrected chi connectivity index (χ4v) is 6.63. The number of unbranched alkanes of at least 4 members (excludes halogenated alkanes) is 20. The first-order chi connectivity index (χ1) is 29.6. The van der Waals surface area contributed by atoms with E-state index in [1.165, 1.54) is 103 Å². The molecule has 0 rings (SSSR count). The number of hydrogen-bond acceptors (Lipinski definition) is 5. The molecule has 344 valence electrons. The van der Waals surface area contributed by atoms with Gasteiger partial charge in [0.25, 0.3) is 0 Å². The minimum absolute atomic E-state index is 0.0547. The third-order valence-corrected chi connectivity index (χ3v) is 10.4. The molecule has 5 heteroatoms. The van der Waals surface area contributed by atoms with E-state index in [4.69, 9.17) is 14.2 Å². The second-order valence-electron chi connectivity index (χ2n) is 16.3. The molecule has 60 heavy (non-hydrogen) atoms. The highest BCUT2D eigenvalue weighted by Crippen LogP contribution is 2.13. The molecule has 0 spiro atoms. The maximum atomic E-state index is 12.7. The Morgan fingerprint density at radius 2 is 0.767 bits per heavy atom. The molecule has 0 aliphatic carbocycles. The van der Waals surface area contributed by atoms with Gasteiger partial charge in [-0.1, -0.05) is 189 Å². The van der Waals surface area contributed by atoms with Gasteiger partial charge in [-0.3, -0.25) is 9.59 Å². The number of rotatable bonds is 45. The van der Waals surface area contributed by atoms with Crippen molar-refractivity contribution in [2.75, 3.05) is 19.8 Å². The van der Waals surface area contributed by atoms with Crippen LogP contribution in [0.25, 0.3) is 0 Å². The molecule has 5 nitrogen and oxygen atoms in total. The lowest BCUT2D eigenvalue weighted by Gasteiger charge is -2.18. The van der Waals surface area contributed by atoms with E-state index >= 15 is 0 Å². The van der Waals surface area contributed by atoms with Gasteiger partial charge >= 0.3 is 11.9 Å². The van der Waals surface area contributed by atoms with Crippen molar-refractivity contribution in [3.63, 3.8) is 0 Å². The van der Waals surface area contributed by atoms with Crippen LogP contribution >= 0.6 is 0 Å². The number of ether oxygens (including phenoxy) is 3. The van der Waals surface area contributed by atoms with Gasteiger partial charge in [0.05, 0.1) is 6.61 Å². The third kappa shape index (κ3) is 47.8. The van der Waals surface area contributed by atoms with E-state index in [1.54, 1.807) is 0 Å². The molecular formula is C55H94O5. The smallest absolute Gasteiger partial charge is 0.306 e. The zero-order chi connectivity index (χ0) is 43.5. The van der Waals surface area contributed by atoms with E-state index in [9.17, 15) is 9.59 Å². The number of allylic oxidation sites excluding steroid dienone is 14. The van der Waals surface area contributed by atoms with Crippen LogP contribution in [0.3, 0.4) is 0 Å². The van der Waals surface area contributed by atoms with Crippen LogP contribution in [0.1, 0.15) is 226 Å². The van der Waals surface area contributed by atoms with Crippen LogP contribution in [0.2, 0.25) is 0 Å². The van der Waals surface area contributed by atoms with Gasteiger partial charge in [0.2, 0.25) is 0 Å². The van der Waals surface area contributed by atoms with Crippen LogP contribution in [-0.2, 0) is 23.8 Å². The van der Waals surface area contributed by atoms with Gasteiger partial charge in [-0.25, -0.2) is 0 Å². The highest BCUT2D eigenvalue weighted by atomic mass is 16.6. The quantitative estimate of drug-likeness (QED) is 0.0347. The Kier molecular flexibility index (Phi) is 48.0. The van der Waals surface area contributed by atoms with Gasteiger partial charge in [-0.15, -0.1) is 0 Å². The molecule has 0 radical (unpaired) electrons. The van der Waals surface area contributed by atoms with Gasteiger partial charge in [0, 0.05) is 19.4 Å². The molecule has 0 aromatic rings. The summed E-state index contributed by atoms with van der Waals surface area (Å²) in [6.45, 7) is 7.59. The molecule has 0 aromatic carbocycles. The Hall–Kier alpha value is -2.92. The monoisotopic (exact) mass is 835 g/mol. The largest absolute Gasteiger partial charge is 0.462 e. The van der Waals surface area contributed by atoms with Gasteiger partial charge in [-0.2, -0.15) is 0 Å². The van der Waals surface area contributed by atoms with Crippen LogP contribution in [0.4, 0.5) is 0 Å². The fraction of sp³-hybridized carbons (Fsp3) is 0.709. The van der Waals surface area contributed by atoms with E-state index in [-0.39, 0.29) is 25.2 Å². The molecule has 0 aliphatic rings. The summed E-state index contributed by atoms with van der Waals surface area (Å²) in [6, 6.07) is 0. The lowest BCUT2D eigenvalue weighted by atomic mass is 10.1. The molecule has 0 aliphatic heterocycles. The summed E-state index contributed by atoms with van der Waals surface area (Å²) < 4.78 is 17.3. The highest BCUT2D eigenvalue weighted by Gasteiger charge is 2.17. The van der Waals surface area contributed by atoms with Crippen molar-refractivity contribution < 1.29 is 23.8 Å². The summed E-state index contributed by atoms with van der Waals surface area (Å²) in [4.78, 5) is 25.3. The first-order valence-corrected chi connectivity index (χ1v) is 25.1. The maximum absolute atomic E-state index is 12.7. The normalized spacial score (nSPS) is 12.9. The average molecular weight is 835 g/mol. The van der Waals surface area contributed by atoms with E-state index in [0.29, 0.717) is 19.4 Å². The second-order valence-corrected chi connectivity index (χ2v) is 16.3. The minimum atomic E-state index is -0.563. The third-order valence-electron chi connectivity index (χ3n) is 10.4. The highest BCUT2D eigenvalue weighted by molar-refractivity contribution is 5.70. The van der Waals surface area contributed by atoms with E-state index in [2.05, 4.69) is 106 Å². The Labute approximate surface area is 371 Å². The van der Waals surface area contributed by atoms with Gasteiger partial charge in [0.15, 0.2) is 6.10 Å². The van der Waals surface area contributed by atoms with Gasteiger partial charge in [0.1, 0.15) is 6.61 Å². The van der Waals surface area contributed by atoms with E-state index < -0.39 is 6.10 Å². The molecule has 0 fully saturated rings. The Balaban J connectivity index is 4.32. The first-order valence-electron chi connectivity index (χ1n) is 25.1. The minimum Gasteiger partial charge on any atom is -0.462 e.